The zero-order chi connectivity index (χ0) is 33.1. The summed E-state index contributed by atoms with van der Waals surface area (Å²) in [7, 11) is 2.09. The number of piperazine rings is 1. The van der Waals surface area contributed by atoms with E-state index in [1.54, 1.807) is 6.92 Å². The summed E-state index contributed by atoms with van der Waals surface area (Å²) >= 11 is 0. The van der Waals surface area contributed by atoms with Crippen molar-refractivity contribution in [1.29, 1.82) is 0 Å². The third-order valence-corrected chi connectivity index (χ3v) is 11.5. The van der Waals surface area contributed by atoms with E-state index < -0.39 is 24.3 Å². The van der Waals surface area contributed by atoms with Crippen LogP contribution in [-0.4, -0.2) is 117 Å². The highest BCUT2D eigenvalue weighted by atomic mass is 19.1. The summed E-state index contributed by atoms with van der Waals surface area (Å²) in [5.74, 6) is 0.287. The van der Waals surface area contributed by atoms with Crippen molar-refractivity contribution in [3.05, 3.63) is 0 Å². The van der Waals surface area contributed by atoms with Crippen LogP contribution in [0, 0.1) is 29.1 Å². The number of urea groups is 1. The Kier molecular flexibility index (Phi) is 15.0. The van der Waals surface area contributed by atoms with Gasteiger partial charge in [0.2, 0.25) is 5.91 Å². The number of nitrogens with zero attached hydrogens (tertiary/aromatic N) is 4. The van der Waals surface area contributed by atoms with Crippen molar-refractivity contribution in [3.63, 3.8) is 0 Å². The summed E-state index contributed by atoms with van der Waals surface area (Å²) in [6.07, 6.45) is 6.61. The number of amides is 3. The average molecular weight is 637 g/mol. The van der Waals surface area contributed by atoms with Crippen molar-refractivity contribution in [2.24, 2.45) is 45.5 Å². The number of likely N-dealkylation sites (tertiary alicyclic amines) is 1. The molecule has 7 unspecified atom stereocenters. The highest BCUT2D eigenvalue weighted by Crippen LogP contribution is 2.39. The number of rotatable bonds is 14. The van der Waals surface area contributed by atoms with Gasteiger partial charge in [0.25, 0.3) is 0 Å². The molecule has 6 N–H and O–H groups in total. The molecule has 11 heteroatoms. The summed E-state index contributed by atoms with van der Waals surface area (Å²) in [5, 5.41) is 6.70. The molecular weight excluding hydrogens is 571 g/mol. The summed E-state index contributed by atoms with van der Waals surface area (Å²) in [4.78, 5) is 37.4. The van der Waals surface area contributed by atoms with E-state index in [0.717, 1.165) is 90.8 Å². The SMILES string of the molecule is CCCC(C)C(C)(CC)CCC(F)/C=N\C(C)C(C(=O)NC1CNCCC1C1CCN(C(=O)N2CCN(C)CC2)CC1)C(N)N. The van der Waals surface area contributed by atoms with Crippen LogP contribution in [0.15, 0.2) is 4.99 Å². The number of nitrogens with two attached hydrogens (primary N) is 2. The number of piperidine rings is 2. The Hall–Kier alpha value is -1.82. The number of hydrogen-bond donors (Lipinski definition) is 4. The van der Waals surface area contributed by atoms with Crippen LogP contribution in [-0.2, 0) is 4.79 Å². The van der Waals surface area contributed by atoms with Gasteiger partial charge in [0.15, 0.2) is 0 Å². The first-order valence-corrected chi connectivity index (χ1v) is 17.8. The van der Waals surface area contributed by atoms with Gasteiger partial charge in [-0.15, -0.1) is 0 Å². The summed E-state index contributed by atoms with van der Waals surface area (Å²) in [5.41, 5.74) is 12.4. The van der Waals surface area contributed by atoms with Gasteiger partial charge in [-0.25, -0.2) is 9.18 Å². The molecule has 3 rings (SSSR count). The quantitative estimate of drug-likeness (QED) is 0.171. The number of alkyl halides is 1. The third kappa shape index (κ3) is 10.6. The molecule has 7 atom stereocenters. The van der Waals surface area contributed by atoms with Crippen molar-refractivity contribution in [2.45, 2.75) is 110 Å². The fourth-order valence-electron chi connectivity index (χ4n) is 7.73. The Bertz CT molecular complexity index is 937. The lowest BCUT2D eigenvalue weighted by molar-refractivity contribution is -0.127. The Balaban J connectivity index is 1.54. The number of halogens is 1. The van der Waals surface area contributed by atoms with E-state index in [2.05, 4.69) is 55.3 Å². The molecule has 3 fully saturated rings. The van der Waals surface area contributed by atoms with Crippen molar-refractivity contribution in [1.82, 2.24) is 25.3 Å². The number of carbonyl (C=O) groups excluding carboxylic acids is 2. The minimum atomic E-state index is -1.18. The lowest BCUT2D eigenvalue weighted by atomic mass is 9.70. The van der Waals surface area contributed by atoms with Crippen molar-refractivity contribution >= 4 is 18.2 Å². The van der Waals surface area contributed by atoms with E-state index in [-0.39, 0.29) is 23.4 Å². The maximum absolute atomic E-state index is 15.0. The van der Waals surface area contributed by atoms with E-state index in [1.807, 2.05) is 9.80 Å². The molecule has 0 aromatic heterocycles. The summed E-state index contributed by atoms with van der Waals surface area (Å²) in [6.45, 7) is 17.2. The molecule has 0 radical (unpaired) electrons. The second-order valence-electron chi connectivity index (χ2n) is 14.6. The largest absolute Gasteiger partial charge is 0.351 e. The molecule has 3 heterocycles. The number of nitrogens with one attached hydrogen (secondary N) is 2. The molecular formula is C34H65FN8O2. The normalized spacial score (nSPS) is 26.4. The van der Waals surface area contributed by atoms with Gasteiger partial charge in [-0.05, 0) is 75.8 Å². The molecule has 45 heavy (non-hydrogen) atoms. The van der Waals surface area contributed by atoms with Crippen molar-refractivity contribution < 1.29 is 14.0 Å². The van der Waals surface area contributed by atoms with Crippen LogP contribution in [0.3, 0.4) is 0 Å². The van der Waals surface area contributed by atoms with Crippen LogP contribution in [0.1, 0.15) is 86.0 Å². The lowest BCUT2D eigenvalue weighted by Crippen LogP contribution is -2.59. The molecule has 3 amide bonds. The molecule has 0 aliphatic carbocycles. The molecule has 3 saturated heterocycles. The molecule has 0 aromatic rings. The van der Waals surface area contributed by atoms with Crippen molar-refractivity contribution in [2.75, 3.05) is 59.4 Å². The first-order valence-electron chi connectivity index (χ1n) is 17.8. The van der Waals surface area contributed by atoms with E-state index in [4.69, 9.17) is 11.5 Å². The smallest absolute Gasteiger partial charge is 0.320 e. The molecule has 3 aliphatic rings. The topological polar surface area (TPSA) is 132 Å². The maximum atomic E-state index is 15.0. The molecule has 0 aromatic carbocycles. The molecule has 0 spiro atoms. The van der Waals surface area contributed by atoms with Gasteiger partial charge in [0, 0.05) is 58.1 Å². The number of hydrogen-bond acceptors (Lipinski definition) is 7. The molecule has 3 aliphatic heterocycles. The Morgan fingerprint density at radius 1 is 1.04 bits per heavy atom. The van der Waals surface area contributed by atoms with Gasteiger partial charge >= 0.3 is 6.03 Å². The Morgan fingerprint density at radius 3 is 2.29 bits per heavy atom. The number of likely N-dealkylation sites (N-methyl/N-ethyl adjacent to an activating group) is 1. The molecule has 0 bridgehead atoms. The highest BCUT2D eigenvalue weighted by molar-refractivity contribution is 5.81. The van der Waals surface area contributed by atoms with Gasteiger partial charge in [-0.2, -0.15) is 0 Å². The fourth-order valence-corrected chi connectivity index (χ4v) is 7.73. The molecule has 10 nitrogen and oxygen atoms in total. The third-order valence-electron chi connectivity index (χ3n) is 11.5. The molecule has 260 valence electrons. The first kappa shape index (κ1) is 37.6. The molecule has 0 saturated carbocycles. The van der Waals surface area contributed by atoms with Crippen LogP contribution in [0.25, 0.3) is 0 Å². The van der Waals surface area contributed by atoms with Gasteiger partial charge < -0.3 is 36.8 Å². The van der Waals surface area contributed by atoms with E-state index in [0.29, 0.717) is 30.7 Å². The summed E-state index contributed by atoms with van der Waals surface area (Å²) in [6, 6.07) is -0.440. The highest BCUT2D eigenvalue weighted by Gasteiger charge is 2.38. The zero-order valence-corrected chi connectivity index (χ0v) is 29.1. The van der Waals surface area contributed by atoms with E-state index in [9.17, 15) is 9.59 Å². The monoisotopic (exact) mass is 637 g/mol. The minimum Gasteiger partial charge on any atom is -0.351 e. The van der Waals surface area contributed by atoms with Crippen LogP contribution in [0.4, 0.5) is 9.18 Å². The Morgan fingerprint density at radius 2 is 1.69 bits per heavy atom. The fraction of sp³-hybridized carbons (Fsp3) is 0.912. The van der Waals surface area contributed by atoms with E-state index >= 15 is 4.39 Å². The van der Waals surface area contributed by atoms with E-state index in [1.165, 1.54) is 6.21 Å². The Labute approximate surface area is 272 Å². The first-order chi connectivity index (χ1) is 21.4. The lowest BCUT2D eigenvalue weighted by Gasteiger charge is -2.43. The predicted molar refractivity (Wildman–Crippen MR) is 182 cm³/mol. The number of aliphatic imine (C=N–C) groups is 1. The zero-order valence-electron chi connectivity index (χ0n) is 29.1. The van der Waals surface area contributed by atoms with Crippen LogP contribution < -0.4 is 22.1 Å². The second kappa shape index (κ2) is 17.9. The van der Waals surface area contributed by atoms with Gasteiger partial charge in [-0.3, -0.25) is 9.79 Å². The second-order valence-corrected chi connectivity index (χ2v) is 14.6. The minimum absolute atomic E-state index is 0.0562. The van der Waals surface area contributed by atoms with Gasteiger partial charge in [-0.1, -0.05) is 47.0 Å². The average Bonchev–Trinajstić information content (AvgIpc) is 3.03. The van der Waals surface area contributed by atoms with Gasteiger partial charge in [0.05, 0.1) is 18.1 Å². The van der Waals surface area contributed by atoms with Crippen LogP contribution in [0.5, 0.6) is 0 Å². The van der Waals surface area contributed by atoms with Crippen molar-refractivity contribution in [3.8, 4) is 0 Å². The maximum Gasteiger partial charge on any atom is 0.320 e. The standard InChI is InChI=1S/C34H65FN8O2/c1-7-9-24(3)34(5,8-2)14-10-27(35)22-39-25(4)30(31(36)37)32(44)40-29-23-38-15-11-28(29)26-12-16-42(17-13-26)33(45)43-20-18-41(6)19-21-43/h22,24-31,38H,7-21,23,36-37H2,1-6H3,(H,40,44)/b39-22-. The summed E-state index contributed by atoms with van der Waals surface area (Å²) < 4.78 is 15.0. The van der Waals surface area contributed by atoms with Crippen LogP contribution in [0.2, 0.25) is 0 Å². The number of carbonyl (C=O) groups is 2. The predicted octanol–water partition coefficient (Wildman–Crippen LogP) is 3.45. The van der Waals surface area contributed by atoms with Crippen LogP contribution >= 0.6 is 0 Å². The van der Waals surface area contributed by atoms with Gasteiger partial charge in [0.1, 0.15) is 6.17 Å².